The third-order valence-electron chi connectivity index (χ3n) is 3.29. The van der Waals surface area contributed by atoms with E-state index in [0.29, 0.717) is 24.7 Å². The number of nitrogens with one attached hydrogen (secondary N) is 1. The number of pyridine rings is 1. The molecule has 0 radical (unpaired) electrons. The molecule has 7 nitrogen and oxygen atoms in total. The number of hydrogen-bond acceptors (Lipinski definition) is 6. The zero-order chi connectivity index (χ0) is 15.3. The van der Waals surface area contributed by atoms with E-state index < -0.39 is 11.4 Å². The van der Waals surface area contributed by atoms with Gasteiger partial charge < -0.3 is 25.0 Å². The van der Waals surface area contributed by atoms with Gasteiger partial charge in [-0.2, -0.15) is 0 Å². The maximum Gasteiger partial charge on any atom is 0.252 e. The zero-order valence-electron chi connectivity index (χ0n) is 11.9. The topological polar surface area (TPSA) is 101 Å². The van der Waals surface area contributed by atoms with Crippen LogP contribution >= 0.6 is 0 Å². The Labute approximate surface area is 122 Å². The Morgan fingerprint density at radius 3 is 2.95 bits per heavy atom. The van der Waals surface area contributed by atoms with Crippen LogP contribution in [0.25, 0.3) is 0 Å². The molecule has 0 aromatic carbocycles. The van der Waals surface area contributed by atoms with Crippen molar-refractivity contribution in [2.24, 2.45) is 0 Å². The monoisotopic (exact) mass is 296 g/mol. The largest absolute Gasteiger partial charge is 0.472 e. The summed E-state index contributed by atoms with van der Waals surface area (Å²) in [4.78, 5) is 16.2. The third-order valence-corrected chi connectivity index (χ3v) is 3.29. The van der Waals surface area contributed by atoms with E-state index in [1.165, 1.54) is 12.3 Å². The number of aliphatic hydroxyl groups is 2. The molecule has 0 aliphatic carbocycles. The molecule has 0 spiro atoms. The fraction of sp³-hybridized carbons (Fsp3) is 0.571. The smallest absolute Gasteiger partial charge is 0.252 e. The minimum Gasteiger partial charge on any atom is -0.472 e. The minimum absolute atomic E-state index is 0.0454. The average molecular weight is 296 g/mol. The molecule has 1 unspecified atom stereocenters. The van der Waals surface area contributed by atoms with Gasteiger partial charge in [-0.3, -0.25) is 4.79 Å². The second-order valence-electron chi connectivity index (χ2n) is 5.32. The summed E-state index contributed by atoms with van der Waals surface area (Å²) >= 11 is 0. The van der Waals surface area contributed by atoms with Crippen molar-refractivity contribution in [3.8, 4) is 5.88 Å². The van der Waals surface area contributed by atoms with Crippen LogP contribution in [0.3, 0.4) is 0 Å². The normalized spacial score (nSPS) is 18.5. The summed E-state index contributed by atoms with van der Waals surface area (Å²) in [6, 6.07) is 3.07. The molecular weight excluding hydrogens is 276 g/mol. The first-order chi connectivity index (χ1) is 10.1. The van der Waals surface area contributed by atoms with Crippen molar-refractivity contribution < 1.29 is 24.5 Å². The standard InChI is InChI=1S/C14H20N2O5/c1-14(8-17,9-18)16-13(19)10-2-4-15-12(6-10)21-11-3-5-20-7-11/h2,4,6,11,17-18H,3,5,7-9H2,1H3,(H,16,19). The maximum absolute atomic E-state index is 12.1. The zero-order valence-corrected chi connectivity index (χ0v) is 11.9. The molecule has 1 amide bonds. The van der Waals surface area contributed by atoms with Gasteiger partial charge in [-0.1, -0.05) is 0 Å². The van der Waals surface area contributed by atoms with Crippen LogP contribution in [0, 0.1) is 0 Å². The lowest BCUT2D eigenvalue weighted by molar-refractivity contribution is 0.0723. The van der Waals surface area contributed by atoms with Gasteiger partial charge in [0.05, 0.1) is 32.0 Å². The van der Waals surface area contributed by atoms with Crippen LogP contribution in [0.1, 0.15) is 23.7 Å². The summed E-state index contributed by atoms with van der Waals surface area (Å²) in [5, 5.41) is 21.0. The van der Waals surface area contributed by atoms with Gasteiger partial charge in [0, 0.05) is 24.2 Å². The van der Waals surface area contributed by atoms with Gasteiger partial charge in [-0.25, -0.2) is 4.98 Å². The van der Waals surface area contributed by atoms with E-state index in [1.807, 2.05) is 0 Å². The van der Waals surface area contributed by atoms with Crippen LogP contribution in [0.4, 0.5) is 0 Å². The van der Waals surface area contributed by atoms with Gasteiger partial charge in [0.2, 0.25) is 5.88 Å². The van der Waals surface area contributed by atoms with Crippen LogP contribution in [-0.2, 0) is 4.74 Å². The first-order valence-electron chi connectivity index (χ1n) is 6.81. The second-order valence-corrected chi connectivity index (χ2v) is 5.32. The number of carbonyl (C=O) groups excluding carboxylic acids is 1. The molecule has 3 N–H and O–H groups in total. The molecule has 7 heteroatoms. The van der Waals surface area contributed by atoms with Crippen molar-refractivity contribution >= 4 is 5.91 Å². The van der Waals surface area contributed by atoms with E-state index in [2.05, 4.69) is 10.3 Å². The number of amides is 1. The number of rotatable bonds is 6. The molecule has 2 rings (SSSR count). The van der Waals surface area contributed by atoms with E-state index in [9.17, 15) is 15.0 Å². The Balaban J connectivity index is 2.04. The molecule has 116 valence electrons. The Kier molecular flexibility index (Phi) is 5.11. The van der Waals surface area contributed by atoms with Crippen LogP contribution in [-0.4, -0.2) is 59.2 Å². The van der Waals surface area contributed by atoms with Crippen LogP contribution in [0.5, 0.6) is 5.88 Å². The fourth-order valence-corrected chi connectivity index (χ4v) is 1.87. The molecule has 2 heterocycles. The molecule has 0 saturated carbocycles. The van der Waals surface area contributed by atoms with Crippen molar-refractivity contribution in [2.45, 2.75) is 25.0 Å². The Morgan fingerprint density at radius 1 is 1.57 bits per heavy atom. The SMILES string of the molecule is CC(CO)(CO)NC(=O)c1ccnc(OC2CCOC2)c1. The molecular formula is C14H20N2O5. The van der Waals surface area contributed by atoms with Gasteiger partial charge in [0.1, 0.15) is 6.10 Å². The minimum atomic E-state index is -1.07. The quantitative estimate of drug-likeness (QED) is 0.667. The summed E-state index contributed by atoms with van der Waals surface area (Å²) < 4.78 is 10.8. The van der Waals surface area contributed by atoms with Crippen LogP contribution in [0.2, 0.25) is 0 Å². The lowest BCUT2D eigenvalue weighted by Gasteiger charge is -2.26. The van der Waals surface area contributed by atoms with Crippen molar-refractivity contribution in [3.63, 3.8) is 0 Å². The molecule has 1 aromatic rings. The number of aromatic nitrogens is 1. The first-order valence-corrected chi connectivity index (χ1v) is 6.81. The van der Waals surface area contributed by atoms with Gasteiger partial charge in [0.15, 0.2) is 0 Å². The van der Waals surface area contributed by atoms with Gasteiger partial charge >= 0.3 is 0 Å². The lowest BCUT2D eigenvalue weighted by atomic mass is 10.0. The summed E-state index contributed by atoms with van der Waals surface area (Å²) in [5.41, 5.74) is -0.715. The van der Waals surface area contributed by atoms with Crippen LogP contribution in [0.15, 0.2) is 18.3 Å². The summed E-state index contributed by atoms with van der Waals surface area (Å²) in [6.07, 6.45) is 2.23. The molecule has 21 heavy (non-hydrogen) atoms. The number of carbonyl (C=O) groups is 1. The Bertz CT molecular complexity index is 484. The molecule has 1 aromatic heterocycles. The highest BCUT2D eigenvalue weighted by Crippen LogP contribution is 2.16. The predicted octanol–water partition coefficient (Wildman–Crippen LogP) is -0.278. The maximum atomic E-state index is 12.1. The van der Waals surface area contributed by atoms with Crippen LogP contribution < -0.4 is 10.1 Å². The molecule has 1 atom stereocenters. The van der Waals surface area contributed by atoms with Gasteiger partial charge in [-0.05, 0) is 13.0 Å². The highest BCUT2D eigenvalue weighted by molar-refractivity contribution is 5.94. The van der Waals surface area contributed by atoms with E-state index in [0.717, 1.165) is 6.42 Å². The third kappa shape index (κ3) is 4.13. The summed E-state index contributed by atoms with van der Waals surface area (Å²) in [7, 11) is 0. The van der Waals surface area contributed by atoms with Gasteiger partial charge in [-0.15, -0.1) is 0 Å². The van der Waals surface area contributed by atoms with Crippen molar-refractivity contribution in [2.75, 3.05) is 26.4 Å². The second kappa shape index (κ2) is 6.84. The molecule has 1 aliphatic rings. The van der Waals surface area contributed by atoms with E-state index in [1.54, 1.807) is 13.0 Å². The predicted molar refractivity (Wildman–Crippen MR) is 74.1 cm³/mol. The number of hydrogen-bond donors (Lipinski definition) is 3. The van der Waals surface area contributed by atoms with E-state index >= 15 is 0 Å². The highest BCUT2D eigenvalue weighted by Gasteiger charge is 2.25. The molecule has 1 fully saturated rings. The lowest BCUT2D eigenvalue weighted by Crippen LogP contribution is -2.51. The fourth-order valence-electron chi connectivity index (χ4n) is 1.87. The molecule has 1 aliphatic heterocycles. The molecule has 0 bridgehead atoms. The number of nitrogens with zero attached hydrogens (tertiary/aromatic N) is 1. The van der Waals surface area contributed by atoms with Crippen molar-refractivity contribution in [1.29, 1.82) is 0 Å². The highest BCUT2D eigenvalue weighted by atomic mass is 16.5. The van der Waals surface area contributed by atoms with Crippen molar-refractivity contribution in [1.82, 2.24) is 10.3 Å². The average Bonchev–Trinajstić information content (AvgIpc) is 3.00. The van der Waals surface area contributed by atoms with E-state index in [4.69, 9.17) is 9.47 Å². The van der Waals surface area contributed by atoms with Crippen molar-refractivity contribution in [3.05, 3.63) is 23.9 Å². The van der Waals surface area contributed by atoms with Gasteiger partial charge in [0.25, 0.3) is 5.91 Å². The first kappa shape index (κ1) is 15.7. The Hall–Kier alpha value is -1.70. The summed E-state index contributed by atoms with van der Waals surface area (Å²) in [5.74, 6) is -0.0524. The number of aliphatic hydroxyl groups excluding tert-OH is 2. The summed E-state index contributed by atoms with van der Waals surface area (Å²) in [6.45, 7) is 2.02. The Morgan fingerprint density at radius 2 is 2.33 bits per heavy atom. The molecule has 1 saturated heterocycles. The number of ether oxygens (including phenoxy) is 2. The van der Waals surface area contributed by atoms with E-state index in [-0.39, 0.29) is 19.3 Å².